The highest BCUT2D eigenvalue weighted by Crippen LogP contribution is 2.29. The molecule has 0 amide bonds. The van der Waals surface area contributed by atoms with E-state index in [1.165, 1.54) is 0 Å². The molecule has 0 saturated heterocycles. The van der Waals surface area contributed by atoms with Gasteiger partial charge in [-0.05, 0) is 23.3 Å². The van der Waals surface area contributed by atoms with Crippen LogP contribution in [0.15, 0.2) is 47.5 Å². The molecule has 2 aromatic carbocycles. The van der Waals surface area contributed by atoms with Crippen LogP contribution in [0.1, 0.15) is 11.1 Å². The average Bonchev–Trinajstić information content (AvgIpc) is 2.71. The fourth-order valence-electron chi connectivity index (χ4n) is 2.45. The summed E-state index contributed by atoms with van der Waals surface area (Å²) in [6.45, 7) is -0.860. The summed E-state index contributed by atoms with van der Waals surface area (Å²) >= 11 is 0. The van der Waals surface area contributed by atoms with E-state index in [1.807, 2.05) is 18.2 Å². The minimum absolute atomic E-state index is 0. The van der Waals surface area contributed by atoms with Crippen molar-refractivity contribution in [2.45, 2.75) is 19.3 Å². The Hall–Kier alpha value is -2.21. The van der Waals surface area contributed by atoms with Gasteiger partial charge in [-0.15, -0.1) is 24.0 Å². The smallest absolute Gasteiger partial charge is 0.411 e. The molecule has 2 N–H and O–H groups in total. The van der Waals surface area contributed by atoms with Gasteiger partial charge >= 0.3 is 6.18 Å². The van der Waals surface area contributed by atoms with E-state index < -0.39 is 12.8 Å². The van der Waals surface area contributed by atoms with E-state index in [2.05, 4.69) is 20.4 Å². The normalized spacial score (nSPS) is 11.5. The first kappa shape index (κ1) is 25.8. The second-order valence-electron chi connectivity index (χ2n) is 6.05. The van der Waals surface area contributed by atoms with E-state index in [0.717, 1.165) is 11.3 Å². The van der Waals surface area contributed by atoms with Gasteiger partial charge < -0.3 is 24.8 Å². The number of halogens is 4. The summed E-state index contributed by atoms with van der Waals surface area (Å²) in [5, 5.41) is 6.32. The molecule has 2 aromatic rings. The van der Waals surface area contributed by atoms with Crippen molar-refractivity contribution >= 4 is 35.6 Å². The Morgan fingerprint density at radius 2 is 1.60 bits per heavy atom. The molecular weight excluding hydrogens is 514 g/mol. The summed E-state index contributed by atoms with van der Waals surface area (Å²) in [5.41, 5.74) is 2.39. The molecule has 0 saturated carbocycles. The van der Waals surface area contributed by atoms with Gasteiger partial charge in [-0.25, -0.2) is 0 Å². The maximum Gasteiger partial charge on any atom is 0.411 e. The molecule has 2 rings (SSSR count). The van der Waals surface area contributed by atoms with Crippen molar-refractivity contribution in [2.24, 2.45) is 4.99 Å². The van der Waals surface area contributed by atoms with Crippen LogP contribution in [0.2, 0.25) is 0 Å². The van der Waals surface area contributed by atoms with Gasteiger partial charge in [-0.1, -0.05) is 24.3 Å². The summed E-state index contributed by atoms with van der Waals surface area (Å²) in [4.78, 5) is 4.17. The van der Waals surface area contributed by atoms with Gasteiger partial charge in [0, 0.05) is 25.3 Å². The van der Waals surface area contributed by atoms with E-state index in [4.69, 9.17) is 9.47 Å². The predicted molar refractivity (Wildman–Crippen MR) is 121 cm³/mol. The molecule has 0 aromatic heterocycles. The van der Waals surface area contributed by atoms with Crippen LogP contribution < -0.4 is 20.1 Å². The maximum absolute atomic E-state index is 12.1. The number of benzene rings is 2. The lowest BCUT2D eigenvalue weighted by Gasteiger charge is -2.14. The van der Waals surface area contributed by atoms with Crippen LogP contribution in [0.5, 0.6) is 11.5 Å². The number of hydrogen-bond donors (Lipinski definition) is 2. The Morgan fingerprint density at radius 1 is 0.967 bits per heavy atom. The number of alkyl halides is 3. The van der Waals surface area contributed by atoms with E-state index >= 15 is 0 Å². The van der Waals surface area contributed by atoms with Crippen molar-refractivity contribution < 1.29 is 27.4 Å². The first-order valence-electron chi connectivity index (χ1n) is 8.76. The SMILES string of the molecule is CN=C(NCc1ccc(COCC(F)(F)F)cc1)Nc1ccc(OC)c(OC)c1.I. The van der Waals surface area contributed by atoms with Crippen molar-refractivity contribution in [1.29, 1.82) is 0 Å². The summed E-state index contributed by atoms with van der Waals surface area (Å²) in [7, 11) is 4.78. The highest BCUT2D eigenvalue weighted by atomic mass is 127. The third-order valence-corrected chi connectivity index (χ3v) is 3.89. The van der Waals surface area contributed by atoms with Gasteiger partial charge in [-0.3, -0.25) is 4.99 Å². The van der Waals surface area contributed by atoms with Crippen molar-refractivity contribution in [1.82, 2.24) is 5.32 Å². The summed E-state index contributed by atoms with van der Waals surface area (Å²) < 4.78 is 51.5. The van der Waals surface area contributed by atoms with Gasteiger partial charge in [0.15, 0.2) is 17.5 Å². The third-order valence-electron chi connectivity index (χ3n) is 3.89. The minimum Gasteiger partial charge on any atom is -0.493 e. The number of anilines is 1. The van der Waals surface area contributed by atoms with Gasteiger partial charge in [-0.2, -0.15) is 13.2 Å². The van der Waals surface area contributed by atoms with E-state index in [9.17, 15) is 13.2 Å². The molecule has 10 heteroatoms. The molecule has 0 aliphatic heterocycles. The zero-order chi connectivity index (χ0) is 21.3. The molecular formula is C20H25F3IN3O3. The third kappa shape index (κ3) is 8.66. The van der Waals surface area contributed by atoms with E-state index in [-0.39, 0.29) is 30.6 Å². The number of nitrogens with one attached hydrogen (secondary N) is 2. The zero-order valence-corrected chi connectivity index (χ0v) is 19.2. The van der Waals surface area contributed by atoms with Crippen molar-refractivity contribution in [2.75, 3.05) is 33.2 Å². The summed E-state index contributed by atoms with van der Waals surface area (Å²) in [6.07, 6.45) is -4.32. The highest BCUT2D eigenvalue weighted by Gasteiger charge is 2.27. The molecule has 0 aliphatic carbocycles. The van der Waals surface area contributed by atoms with Gasteiger partial charge in [0.05, 0.1) is 20.8 Å². The van der Waals surface area contributed by atoms with Crippen molar-refractivity contribution in [3.8, 4) is 11.5 Å². The molecule has 6 nitrogen and oxygen atoms in total. The number of methoxy groups -OCH3 is 2. The molecule has 0 aliphatic rings. The maximum atomic E-state index is 12.1. The molecule has 0 fully saturated rings. The van der Waals surface area contributed by atoms with Crippen LogP contribution >= 0.6 is 24.0 Å². The van der Waals surface area contributed by atoms with Crippen molar-refractivity contribution in [3.63, 3.8) is 0 Å². The summed E-state index contributed by atoms with van der Waals surface area (Å²) in [5.74, 6) is 1.77. The van der Waals surface area contributed by atoms with E-state index in [0.29, 0.717) is 29.6 Å². The lowest BCUT2D eigenvalue weighted by molar-refractivity contribution is -0.176. The van der Waals surface area contributed by atoms with Crippen LogP contribution in [0.25, 0.3) is 0 Å². The molecule has 0 unspecified atom stereocenters. The first-order valence-corrected chi connectivity index (χ1v) is 8.76. The van der Waals surface area contributed by atoms with Crippen LogP contribution in [0.3, 0.4) is 0 Å². The fourth-order valence-corrected chi connectivity index (χ4v) is 2.45. The molecule has 0 atom stereocenters. The standard InChI is InChI=1S/C20H24F3N3O3.HI/c1-24-19(26-16-8-9-17(27-2)18(10-16)28-3)25-11-14-4-6-15(7-5-14)12-29-13-20(21,22)23;/h4-10H,11-13H2,1-3H3,(H2,24,25,26);1H. The number of aliphatic imine (C=N–C) groups is 1. The zero-order valence-electron chi connectivity index (χ0n) is 16.9. The number of guanidine groups is 1. The Labute approximate surface area is 190 Å². The Morgan fingerprint density at radius 3 is 2.17 bits per heavy atom. The largest absolute Gasteiger partial charge is 0.493 e. The molecule has 30 heavy (non-hydrogen) atoms. The average molecular weight is 539 g/mol. The summed E-state index contributed by atoms with van der Waals surface area (Å²) in [6, 6.07) is 12.5. The van der Waals surface area contributed by atoms with Crippen molar-refractivity contribution in [3.05, 3.63) is 53.6 Å². The van der Waals surface area contributed by atoms with Gasteiger partial charge in [0.1, 0.15) is 6.61 Å². The first-order chi connectivity index (χ1) is 13.8. The topological polar surface area (TPSA) is 64.1 Å². The second kappa shape index (κ2) is 12.5. The van der Waals surface area contributed by atoms with Crippen LogP contribution in [0, 0.1) is 0 Å². The lowest BCUT2D eigenvalue weighted by Crippen LogP contribution is -2.30. The molecule has 0 bridgehead atoms. The Bertz CT molecular complexity index is 815. The number of nitrogens with zero attached hydrogens (tertiary/aromatic N) is 1. The minimum atomic E-state index is -4.32. The predicted octanol–water partition coefficient (Wildman–Crippen LogP) is 4.59. The van der Waals surface area contributed by atoms with Gasteiger partial charge in [0.2, 0.25) is 0 Å². The van der Waals surface area contributed by atoms with E-state index in [1.54, 1.807) is 45.5 Å². The number of ether oxygens (including phenoxy) is 3. The quantitative estimate of drug-likeness (QED) is 0.292. The van der Waals surface area contributed by atoms with Crippen LogP contribution in [0.4, 0.5) is 18.9 Å². The number of rotatable bonds is 8. The lowest BCUT2D eigenvalue weighted by atomic mass is 10.1. The van der Waals surface area contributed by atoms with Crippen LogP contribution in [-0.4, -0.2) is 40.0 Å². The van der Waals surface area contributed by atoms with Crippen LogP contribution in [-0.2, 0) is 17.9 Å². The monoisotopic (exact) mass is 539 g/mol. The molecule has 0 spiro atoms. The Kier molecular flexibility index (Phi) is 10.7. The molecule has 0 heterocycles. The molecule has 166 valence electrons. The Balaban J connectivity index is 0.00000450. The fraction of sp³-hybridized carbons (Fsp3) is 0.350. The molecule has 0 radical (unpaired) electrons. The second-order valence-corrected chi connectivity index (χ2v) is 6.05. The van der Waals surface area contributed by atoms with Gasteiger partial charge in [0.25, 0.3) is 0 Å². The highest BCUT2D eigenvalue weighted by molar-refractivity contribution is 14.0. The number of hydrogen-bond acceptors (Lipinski definition) is 4.